The van der Waals surface area contributed by atoms with Crippen molar-refractivity contribution in [3.05, 3.63) is 89.4 Å². The Balaban J connectivity index is 1.41. The second kappa shape index (κ2) is 9.03. The normalized spacial score (nSPS) is 13.9. The molecule has 2 aromatic heterocycles. The number of nitrogens with zero attached hydrogens (tertiary/aromatic N) is 3. The number of esters is 1. The highest BCUT2D eigenvalue weighted by Crippen LogP contribution is 2.29. The van der Waals surface area contributed by atoms with Crippen LogP contribution in [0.1, 0.15) is 29.4 Å². The molecule has 0 fully saturated rings. The predicted octanol–water partition coefficient (Wildman–Crippen LogP) is 5.13. The van der Waals surface area contributed by atoms with E-state index in [1.807, 2.05) is 72.1 Å². The lowest BCUT2D eigenvalue weighted by atomic mass is 10.0. The van der Waals surface area contributed by atoms with Crippen LogP contribution in [0.4, 0.5) is 5.69 Å². The molecule has 1 aliphatic rings. The summed E-state index contributed by atoms with van der Waals surface area (Å²) in [4.78, 5) is 29.1. The quantitative estimate of drug-likeness (QED) is 0.390. The van der Waals surface area contributed by atoms with E-state index >= 15 is 0 Å². The maximum Gasteiger partial charge on any atom is 0.357 e. The molecule has 2 aromatic carbocycles. The first-order valence-corrected chi connectivity index (χ1v) is 11.8. The average molecular weight is 458 g/mol. The summed E-state index contributed by atoms with van der Waals surface area (Å²) >= 11 is 1.55. The van der Waals surface area contributed by atoms with Gasteiger partial charge in [-0.05, 0) is 55.0 Å². The highest BCUT2D eigenvalue weighted by molar-refractivity contribution is 7.13. The number of rotatable bonds is 5. The molecule has 7 heteroatoms. The van der Waals surface area contributed by atoms with Crippen molar-refractivity contribution in [2.75, 3.05) is 11.4 Å². The van der Waals surface area contributed by atoms with Gasteiger partial charge in [0, 0.05) is 18.3 Å². The van der Waals surface area contributed by atoms with Gasteiger partial charge in [0.25, 0.3) is 5.91 Å². The van der Waals surface area contributed by atoms with Gasteiger partial charge in [-0.3, -0.25) is 4.79 Å². The van der Waals surface area contributed by atoms with Gasteiger partial charge in [0.1, 0.15) is 5.69 Å². The first kappa shape index (κ1) is 21.2. The number of hydrogen-bond acceptors (Lipinski definition) is 5. The van der Waals surface area contributed by atoms with Crippen molar-refractivity contribution in [2.24, 2.45) is 0 Å². The minimum atomic E-state index is -0.923. The molecular formula is C26H23N3O3S. The molecule has 5 rings (SSSR count). The van der Waals surface area contributed by atoms with Crippen molar-refractivity contribution < 1.29 is 14.3 Å². The number of fused-ring (bicyclic) bond motifs is 1. The zero-order chi connectivity index (χ0) is 22.8. The number of anilines is 1. The number of aromatic nitrogens is 2. The van der Waals surface area contributed by atoms with Crippen LogP contribution in [-0.4, -0.2) is 34.3 Å². The molecule has 0 aliphatic carbocycles. The van der Waals surface area contributed by atoms with E-state index in [2.05, 4.69) is 5.10 Å². The molecule has 33 heavy (non-hydrogen) atoms. The van der Waals surface area contributed by atoms with Gasteiger partial charge in [-0.1, -0.05) is 42.5 Å². The number of carbonyl (C=O) groups excluding carboxylic acids is 2. The Morgan fingerprint density at radius 3 is 2.61 bits per heavy atom. The number of thiophene rings is 1. The van der Waals surface area contributed by atoms with Gasteiger partial charge in [-0.2, -0.15) is 5.10 Å². The van der Waals surface area contributed by atoms with Crippen LogP contribution in [-0.2, 0) is 16.0 Å². The summed E-state index contributed by atoms with van der Waals surface area (Å²) in [7, 11) is 0. The third-order valence-electron chi connectivity index (χ3n) is 5.70. The first-order valence-electron chi connectivity index (χ1n) is 10.9. The van der Waals surface area contributed by atoms with Crippen LogP contribution in [0.2, 0.25) is 0 Å². The summed E-state index contributed by atoms with van der Waals surface area (Å²) < 4.78 is 7.25. The number of carbonyl (C=O) groups is 2. The topological polar surface area (TPSA) is 64.4 Å². The van der Waals surface area contributed by atoms with Crippen molar-refractivity contribution in [1.82, 2.24) is 9.78 Å². The Labute approximate surface area is 196 Å². The number of amides is 1. The fourth-order valence-corrected chi connectivity index (χ4v) is 4.77. The third-order valence-corrected chi connectivity index (χ3v) is 6.59. The molecule has 0 unspecified atom stereocenters. The van der Waals surface area contributed by atoms with E-state index in [9.17, 15) is 9.59 Å². The van der Waals surface area contributed by atoms with E-state index < -0.39 is 12.1 Å². The summed E-state index contributed by atoms with van der Waals surface area (Å²) in [5, 5.41) is 6.61. The Kier molecular flexibility index (Phi) is 5.79. The van der Waals surface area contributed by atoms with Gasteiger partial charge in [0.2, 0.25) is 0 Å². The molecule has 0 saturated carbocycles. The monoisotopic (exact) mass is 457 g/mol. The lowest BCUT2D eigenvalue weighted by Gasteiger charge is -2.31. The van der Waals surface area contributed by atoms with Crippen LogP contribution in [0.25, 0.3) is 16.3 Å². The molecular weight excluding hydrogens is 434 g/mol. The molecule has 166 valence electrons. The molecule has 0 saturated heterocycles. The largest absolute Gasteiger partial charge is 0.448 e. The molecule has 0 bridgehead atoms. The number of para-hydroxylation sites is 2. The Morgan fingerprint density at radius 2 is 1.82 bits per heavy atom. The molecule has 1 amide bonds. The Morgan fingerprint density at radius 1 is 1.03 bits per heavy atom. The lowest BCUT2D eigenvalue weighted by molar-refractivity contribution is -0.126. The van der Waals surface area contributed by atoms with Crippen LogP contribution >= 0.6 is 11.3 Å². The highest BCUT2D eigenvalue weighted by Gasteiger charge is 2.30. The molecule has 1 atom stereocenters. The maximum absolute atomic E-state index is 13.2. The van der Waals surface area contributed by atoms with Crippen LogP contribution in [0, 0.1) is 0 Å². The van der Waals surface area contributed by atoms with E-state index in [4.69, 9.17) is 4.74 Å². The number of hydrogen-bond donors (Lipinski definition) is 0. The minimum absolute atomic E-state index is 0.222. The summed E-state index contributed by atoms with van der Waals surface area (Å²) in [5.41, 5.74) is 3.74. The van der Waals surface area contributed by atoms with Crippen molar-refractivity contribution in [2.45, 2.75) is 25.9 Å². The fourth-order valence-electron chi connectivity index (χ4n) is 4.09. The Hall–Kier alpha value is -3.71. The molecule has 0 N–H and O–H groups in total. The van der Waals surface area contributed by atoms with Crippen LogP contribution < -0.4 is 4.90 Å². The number of aryl methyl sites for hydroxylation is 1. The Bertz CT molecular complexity index is 1280. The van der Waals surface area contributed by atoms with Gasteiger partial charge < -0.3 is 9.64 Å². The average Bonchev–Trinajstić information content (AvgIpc) is 3.54. The van der Waals surface area contributed by atoms with Gasteiger partial charge in [0.15, 0.2) is 11.8 Å². The fraction of sp³-hybridized carbons (Fsp3) is 0.192. The molecule has 3 heterocycles. The van der Waals surface area contributed by atoms with Crippen LogP contribution in [0.15, 0.2) is 78.2 Å². The highest BCUT2D eigenvalue weighted by atomic mass is 32.1. The van der Waals surface area contributed by atoms with Gasteiger partial charge in [0.05, 0.1) is 10.6 Å². The van der Waals surface area contributed by atoms with Crippen LogP contribution in [0.3, 0.4) is 0 Å². The van der Waals surface area contributed by atoms with E-state index in [-0.39, 0.29) is 11.6 Å². The molecule has 4 aromatic rings. The summed E-state index contributed by atoms with van der Waals surface area (Å²) in [5.74, 6) is -0.805. The van der Waals surface area contributed by atoms with Gasteiger partial charge in [-0.15, -0.1) is 11.3 Å². The molecule has 0 radical (unpaired) electrons. The zero-order valence-electron chi connectivity index (χ0n) is 18.2. The molecule has 1 aliphatic heterocycles. The van der Waals surface area contributed by atoms with Crippen LogP contribution in [0.5, 0.6) is 0 Å². The molecule has 6 nitrogen and oxygen atoms in total. The number of ether oxygens (including phenoxy) is 1. The predicted molar refractivity (Wildman–Crippen MR) is 129 cm³/mol. The SMILES string of the molecule is C[C@H](OC(=O)c1cc(-c2cccs2)nn1-c1ccccc1)C(=O)N1CCCc2ccccc21. The third kappa shape index (κ3) is 4.19. The van der Waals surface area contributed by atoms with Crippen molar-refractivity contribution in [1.29, 1.82) is 0 Å². The summed E-state index contributed by atoms with van der Waals surface area (Å²) in [6.45, 7) is 2.24. The van der Waals surface area contributed by atoms with E-state index in [0.717, 1.165) is 34.7 Å². The zero-order valence-corrected chi connectivity index (χ0v) is 19.0. The van der Waals surface area contributed by atoms with E-state index in [0.29, 0.717) is 12.2 Å². The number of benzene rings is 2. The van der Waals surface area contributed by atoms with E-state index in [1.165, 1.54) is 0 Å². The minimum Gasteiger partial charge on any atom is -0.448 e. The molecule has 0 spiro atoms. The van der Waals surface area contributed by atoms with Gasteiger partial charge >= 0.3 is 5.97 Å². The second-order valence-electron chi connectivity index (χ2n) is 7.91. The van der Waals surface area contributed by atoms with Crippen molar-refractivity contribution in [3.63, 3.8) is 0 Å². The smallest absolute Gasteiger partial charge is 0.357 e. The maximum atomic E-state index is 13.2. The van der Waals surface area contributed by atoms with Gasteiger partial charge in [-0.25, -0.2) is 9.48 Å². The summed E-state index contributed by atoms with van der Waals surface area (Å²) in [6.07, 6.45) is 0.900. The summed E-state index contributed by atoms with van der Waals surface area (Å²) in [6, 6.07) is 22.9. The van der Waals surface area contributed by atoms with Crippen molar-refractivity contribution >= 4 is 28.9 Å². The lowest BCUT2D eigenvalue weighted by Crippen LogP contribution is -2.42. The first-order chi connectivity index (χ1) is 16.1. The second-order valence-corrected chi connectivity index (χ2v) is 8.86. The van der Waals surface area contributed by atoms with Crippen molar-refractivity contribution in [3.8, 4) is 16.3 Å². The standard InChI is InChI=1S/C26H23N3O3S/c1-18(25(30)28-15-7-10-19-9-5-6-13-22(19)28)32-26(31)23-17-21(24-14-8-16-33-24)27-29(23)20-11-3-2-4-12-20/h2-6,8-9,11-14,16-18H,7,10,15H2,1H3/t18-/m0/s1. The van der Waals surface area contributed by atoms with E-state index in [1.54, 1.807) is 33.9 Å².